The van der Waals surface area contributed by atoms with Crippen LogP contribution in [0.15, 0.2) is 21.5 Å². The molecule has 3 aliphatic heterocycles. The molecule has 0 bridgehead atoms. The number of ether oxygens (including phenoxy) is 1. The number of fused-ring (bicyclic) bond motifs is 1. The first-order valence-electron chi connectivity index (χ1n) is 13.0. The second-order valence-corrected chi connectivity index (χ2v) is 12.6. The fourth-order valence-electron chi connectivity index (χ4n) is 5.36. The average molecular weight is 600 g/mol. The van der Waals surface area contributed by atoms with Gasteiger partial charge in [-0.25, -0.2) is 13.2 Å². The first-order valence-corrected chi connectivity index (χ1v) is 15.2. The topological polar surface area (TPSA) is 116 Å². The first kappa shape index (κ1) is 27.8. The predicted octanol–water partition coefficient (Wildman–Crippen LogP) is 2.89. The number of nitrogens with zero attached hydrogens (tertiary/aromatic N) is 3. The zero-order chi connectivity index (χ0) is 26.7. The van der Waals surface area contributed by atoms with Crippen molar-refractivity contribution >= 4 is 49.5 Å². The maximum atomic E-state index is 13.9. The number of hydrogen-bond donors (Lipinski definition) is 1. The Kier molecular flexibility index (Phi) is 8.80. The molecule has 3 aliphatic rings. The third-order valence-corrected chi connectivity index (χ3v) is 9.67. The van der Waals surface area contributed by atoms with E-state index in [-0.39, 0.29) is 35.4 Å². The van der Waals surface area contributed by atoms with Crippen molar-refractivity contribution in [1.29, 1.82) is 0 Å². The average Bonchev–Trinajstić information content (AvgIpc) is 3.32. The Morgan fingerprint density at radius 2 is 1.81 bits per heavy atom. The minimum Gasteiger partial charge on any atom is -0.450 e. The number of halogens is 1. The van der Waals surface area contributed by atoms with Crippen LogP contribution in [-0.2, 0) is 30.8 Å². The third kappa shape index (κ3) is 5.96. The summed E-state index contributed by atoms with van der Waals surface area (Å²) in [6.07, 6.45) is 3.00. The molecule has 0 aromatic heterocycles. The van der Waals surface area contributed by atoms with E-state index in [4.69, 9.17) is 4.74 Å². The van der Waals surface area contributed by atoms with E-state index in [1.54, 1.807) is 29.7 Å². The number of carbonyl (C=O) groups is 3. The van der Waals surface area contributed by atoms with Crippen LogP contribution in [0.4, 0.5) is 10.5 Å². The summed E-state index contributed by atoms with van der Waals surface area (Å²) >= 11 is 3.44. The highest BCUT2D eigenvalue weighted by Crippen LogP contribution is 2.39. The lowest BCUT2D eigenvalue weighted by Gasteiger charge is -2.35. The first-order chi connectivity index (χ1) is 17.6. The lowest BCUT2D eigenvalue weighted by molar-refractivity contribution is -0.127. The second-order valence-electron chi connectivity index (χ2n) is 9.73. The minimum absolute atomic E-state index is 0.0628. The van der Waals surface area contributed by atoms with Crippen LogP contribution in [0.5, 0.6) is 0 Å². The predicted molar refractivity (Wildman–Crippen MR) is 142 cm³/mol. The van der Waals surface area contributed by atoms with Crippen molar-refractivity contribution in [3.05, 3.63) is 22.2 Å². The van der Waals surface area contributed by atoms with Gasteiger partial charge < -0.3 is 19.9 Å². The Bertz CT molecular complexity index is 1150. The number of carbonyl (C=O) groups excluding carboxylic acids is 3. The van der Waals surface area contributed by atoms with Gasteiger partial charge in [-0.05, 0) is 56.7 Å². The van der Waals surface area contributed by atoms with Gasteiger partial charge in [-0.3, -0.25) is 9.59 Å². The van der Waals surface area contributed by atoms with Crippen molar-refractivity contribution in [2.24, 2.45) is 5.92 Å². The molecule has 0 saturated carbocycles. The molecule has 4 rings (SSSR count). The van der Waals surface area contributed by atoms with Crippen molar-refractivity contribution in [3.8, 4) is 0 Å². The SMILES string of the molecule is CCOC(=O)N1CCC(NC(=O)C2CCCN(S(=O)(=O)c3cc(Br)cc4c3N(C(=O)CC)CC4)C2)CC1. The van der Waals surface area contributed by atoms with Crippen LogP contribution < -0.4 is 10.2 Å². The van der Waals surface area contributed by atoms with Gasteiger partial charge in [0.25, 0.3) is 0 Å². The summed E-state index contributed by atoms with van der Waals surface area (Å²) in [7, 11) is -3.93. The zero-order valence-corrected chi connectivity index (χ0v) is 23.8. The number of rotatable bonds is 6. The summed E-state index contributed by atoms with van der Waals surface area (Å²) in [6.45, 7) is 5.76. The van der Waals surface area contributed by atoms with Gasteiger partial charge in [0, 0.05) is 49.7 Å². The van der Waals surface area contributed by atoms with Gasteiger partial charge in [-0.15, -0.1) is 0 Å². The van der Waals surface area contributed by atoms with E-state index in [0.29, 0.717) is 81.5 Å². The Morgan fingerprint density at radius 1 is 1.08 bits per heavy atom. The van der Waals surface area contributed by atoms with Crippen LogP contribution in [0.2, 0.25) is 0 Å². The van der Waals surface area contributed by atoms with E-state index in [9.17, 15) is 22.8 Å². The monoisotopic (exact) mass is 598 g/mol. The van der Waals surface area contributed by atoms with Crippen molar-refractivity contribution in [3.63, 3.8) is 0 Å². The van der Waals surface area contributed by atoms with Gasteiger partial charge in [0.05, 0.1) is 18.2 Å². The fourth-order valence-corrected chi connectivity index (χ4v) is 7.80. The third-order valence-electron chi connectivity index (χ3n) is 7.34. The van der Waals surface area contributed by atoms with Crippen molar-refractivity contribution < 1.29 is 27.5 Å². The maximum absolute atomic E-state index is 13.9. The Labute approximate surface area is 226 Å². The number of likely N-dealkylation sites (tertiary alicyclic amines) is 1. The van der Waals surface area contributed by atoms with Crippen LogP contribution in [0, 0.1) is 5.92 Å². The Morgan fingerprint density at radius 3 is 2.49 bits per heavy atom. The number of amides is 3. The highest BCUT2D eigenvalue weighted by atomic mass is 79.9. The number of benzene rings is 1. The molecule has 3 heterocycles. The second kappa shape index (κ2) is 11.7. The van der Waals surface area contributed by atoms with Crippen molar-refractivity contribution in [2.75, 3.05) is 44.2 Å². The molecule has 12 heteroatoms. The molecule has 0 spiro atoms. The molecule has 37 heavy (non-hydrogen) atoms. The van der Waals surface area contributed by atoms with E-state index in [0.717, 1.165) is 5.56 Å². The van der Waals surface area contributed by atoms with Crippen LogP contribution in [0.1, 0.15) is 51.5 Å². The van der Waals surface area contributed by atoms with Crippen LogP contribution in [0.3, 0.4) is 0 Å². The molecule has 1 N–H and O–H groups in total. The Balaban J connectivity index is 1.45. The van der Waals surface area contributed by atoms with Gasteiger partial charge in [0.2, 0.25) is 21.8 Å². The molecular weight excluding hydrogens is 564 g/mol. The smallest absolute Gasteiger partial charge is 0.409 e. The number of hydrogen-bond acceptors (Lipinski definition) is 6. The van der Waals surface area contributed by atoms with E-state index < -0.39 is 15.9 Å². The molecule has 1 aromatic rings. The molecule has 0 aliphatic carbocycles. The summed E-state index contributed by atoms with van der Waals surface area (Å²) < 4.78 is 34.8. The minimum atomic E-state index is -3.93. The summed E-state index contributed by atoms with van der Waals surface area (Å²) in [5.74, 6) is -0.723. The molecule has 10 nitrogen and oxygen atoms in total. The summed E-state index contributed by atoms with van der Waals surface area (Å²) in [4.78, 5) is 40.9. The molecule has 1 atom stereocenters. The molecule has 204 valence electrons. The van der Waals surface area contributed by atoms with Crippen LogP contribution >= 0.6 is 15.9 Å². The highest BCUT2D eigenvalue weighted by molar-refractivity contribution is 9.10. The van der Waals surface area contributed by atoms with Crippen molar-refractivity contribution in [1.82, 2.24) is 14.5 Å². The molecule has 2 fully saturated rings. The number of nitrogens with one attached hydrogen (secondary N) is 1. The van der Waals surface area contributed by atoms with Gasteiger partial charge in [0.1, 0.15) is 4.90 Å². The number of anilines is 1. The quantitative estimate of drug-likeness (QED) is 0.538. The van der Waals surface area contributed by atoms with Gasteiger partial charge in [-0.2, -0.15) is 4.31 Å². The van der Waals surface area contributed by atoms with Gasteiger partial charge >= 0.3 is 6.09 Å². The number of piperidine rings is 2. The highest BCUT2D eigenvalue weighted by Gasteiger charge is 2.38. The normalized spacial score (nSPS) is 21.0. The lowest BCUT2D eigenvalue weighted by atomic mass is 9.97. The van der Waals surface area contributed by atoms with Gasteiger partial charge in [0.15, 0.2) is 0 Å². The van der Waals surface area contributed by atoms with E-state index in [2.05, 4.69) is 21.2 Å². The van der Waals surface area contributed by atoms with Gasteiger partial charge in [-0.1, -0.05) is 22.9 Å². The Hall–Kier alpha value is -2.18. The summed E-state index contributed by atoms with van der Waals surface area (Å²) in [6, 6.07) is 3.38. The molecule has 1 aromatic carbocycles. The molecule has 3 amide bonds. The zero-order valence-electron chi connectivity index (χ0n) is 21.4. The number of sulfonamides is 1. The molecule has 2 saturated heterocycles. The van der Waals surface area contributed by atoms with E-state index in [1.807, 2.05) is 6.07 Å². The standard InChI is InChI=1S/C25H35BrN4O6S/c1-3-22(31)30-13-7-17-14-19(26)15-21(23(17)30)37(34,35)29-10-5-6-18(16-29)24(32)27-20-8-11-28(12-9-20)25(33)36-4-2/h14-15,18,20H,3-13,16H2,1-2H3,(H,27,32). The lowest BCUT2D eigenvalue weighted by Crippen LogP contribution is -2.51. The van der Waals surface area contributed by atoms with Crippen LogP contribution in [0.25, 0.3) is 0 Å². The largest absolute Gasteiger partial charge is 0.450 e. The molecule has 0 radical (unpaired) electrons. The molecule has 1 unspecified atom stereocenters. The van der Waals surface area contributed by atoms with E-state index in [1.165, 1.54) is 4.31 Å². The summed E-state index contributed by atoms with van der Waals surface area (Å²) in [5.41, 5.74) is 1.30. The maximum Gasteiger partial charge on any atom is 0.409 e. The molecular formula is C25H35BrN4O6S. The fraction of sp³-hybridized carbons (Fsp3) is 0.640. The summed E-state index contributed by atoms with van der Waals surface area (Å²) in [5, 5.41) is 3.07. The van der Waals surface area contributed by atoms with E-state index >= 15 is 0 Å². The van der Waals surface area contributed by atoms with Crippen LogP contribution in [-0.4, -0.2) is 80.9 Å². The van der Waals surface area contributed by atoms with Crippen molar-refractivity contribution in [2.45, 2.75) is 63.3 Å².